The van der Waals surface area contributed by atoms with Gasteiger partial charge in [0, 0.05) is 23.5 Å². The van der Waals surface area contributed by atoms with Gasteiger partial charge in [-0.1, -0.05) is 48.8 Å². The van der Waals surface area contributed by atoms with Gasteiger partial charge in [-0.05, 0) is 37.2 Å². The molecule has 1 amide bonds. The molecule has 0 aliphatic carbocycles. The molecule has 0 saturated carbocycles. The minimum atomic E-state index is -0.454. The van der Waals surface area contributed by atoms with Gasteiger partial charge in [-0.3, -0.25) is 19.4 Å². The number of H-pyrrole nitrogens is 1. The number of aryl methyl sites for hydroxylation is 1. The van der Waals surface area contributed by atoms with E-state index in [0.29, 0.717) is 22.3 Å². The Labute approximate surface area is 189 Å². The van der Waals surface area contributed by atoms with Gasteiger partial charge < -0.3 is 9.84 Å². The highest BCUT2D eigenvalue weighted by Crippen LogP contribution is 2.24. The first-order chi connectivity index (χ1) is 15.4. The Balaban J connectivity index is 1.53. The first-order valence-corrected chi connectivity index (χ1v) is 10.6. The highest BCUT2D eigenvalue weighted by molar-refractivity contribution is 7.71. The normalized spacial score (nSPS) is 12.1. The molecule has 10 heteroatoms. The van der Waals surface area contributed by atoms with Crippen LogP contribution in [-0.2, 0) is 11.3 Å². The van der Waals surface area contributed by atoms with Crippen molar-refractivity contribution in [1.29, 1.82) is 0 Å². The zero-order valence-electron chi connectivity index (χ0n) is 17.9. The number of hydrogen-bond donors (Lipinski definition) is 2. The van der Waals surface area contributed by atoms with Crippen LogP contribution in [0.25, 0.3) is 22.8 Å². The summed E-state index contributed by atoms with van der Waals surface area (Å²) in [6.07, 6.45) is 3.33. The quantitative estimate of drug-likeness (QED) is 0.412. The molecule has 0 bridgehead atoms. The lowest BCUT2D eigenvalue weighted by Gasteiger charge is -2.19. The Morgan fingerprint density at radius 3 is 2.69 bits per heavy atom. The smallest absolute Gasteiger partial charge is 0.249 e. The molecule has 1 unspecified atom stereocenters. The fourth-order valence-electron chi connectivity index (χ4n) is 3.24. The molecule has 0 spiro atoms. The minimum Gasteiger partial charge on any atom is -0.342 e. The maximum Gasteiger partial charge on any atom is 0.249 e. The second kappa shape index (κ2) is 9.23. The highest BCUT2D eigenvalue weighted by atomic mass is 32.1. The van der Waals surface area contributed by atoms with E-state index < -0.39 is 6.04 Å². The monoisotopic (exact) mass is 449 g/mol. The van der Waals surface area contributed by atoms with Crippen LogP contribution in [0.5, 0.6) is 0 Å². The van der Waals surface area contributed by atoms with Gasteiger partial charge in [-0.2, -0.15) is 10.1 Å². The van der Waals surface area contributed by atoms with Crippen molar-refractivity contribution in [3.8, 4) is 22.8 Å². The zero-order chi connectivity index (χ0) is 22.7. The third-order valence-corrected chi connectivity index (χ3v) is 5.29. The van der Waals surface area contributed by atoms with E-state index in [0.717, 1.165) is 16.7 Å². The summed E-state index contributed by atoms with van der Waals surface area (Å²) < 4.78 is 7.49. The second-order valence-electron chi connectivity index (χ2n) is 7.79. The predicted octanol–water partition coefficient (Wildman–Crippen LogP) is 3.87. The first-order valence-electron chi connectivity index (χ1n) is 10.2. The van der Waals surface area contributed by atoms with E-state index in [2.05, 4.69) is 30.6 Å². The summed E-state index contributed by atoms with van der Waals surface area (Å²) in [5.74, 6) is 1.14. The first kappa shape index (κ1) is 21.6. The molecular formula is C22H23N7O2S. The third-order valence-electron chi connectivity index (χ3n) is 4.98. The van der Waals surface area contributed by atoms with Crippen LogP contribution in [0.15, 0.2) is 53.3 Å². The number of benzene rings is 1. The van der Waals surface area contributed by atoms with Crippen molar-refractivity contribution >= 4 is 18.1 Å². The fraction of sp³-hybridized carbons (Fsp3) is 0.273. The number of hydrogen-bond acceptors (Lipinski definition) is 7. The molecular weight excluding hydrogens is 426 g/mol. The fourth-order valence-corrected chi connectivity index (χ4v) is 3.43. The van der Waals surface area contributed by atoms with Crippen LogP contribution in [0.1, 0.15) is 31.3 Å². The lowest BCUT2D eigenvalue weighted by Crippen LogP contribution is -2.34. The van der Waals surface area contributed by atoms with Gasteiger partial charge in [0.05, 0.1) is 0 Å². The Hall–Kier alpha value is -3.66. The molecule has 0 saturated heterocycles. The maximum atomic E-state index is 12.9. The Morgan fingerprint density at radius 1 is 1.22 bits per heavy atom. The number of carbonyl (C=O) groups excluding carboxylic acids is 1. The van der Waals surface area contributed by atoms with Crippen LogP contribution in [-0.4, -0.2) is 35.8 Å². The number of pyridine rings is 1. The number of nitrogens with zero attached hydrogens (tertiary/aromatic N) is 5. The zero-order valence-corrected chi connectivity index (χ0v) is 18.8. The molecule has 0 fully saturated rings. The van der Waals surface area contributed by atoms with E-state index in [9.17, 15) is 4.79 Å². The van der Waals surface area contributed by atoms with E-state index >= 15 is 0 Å². The van der Waals surface area contributed by atoms with Crippen molar-refractivity contribution in [2.75, 3.05) is 0 Å². The lowest BCUT2D eigenvalue weighted by molar-refractivity contribution is -0.123. The molecule has 1 aromatic carbocycles. The Kier molecular flexibility index (Phi) is 6.22. The van der Waals surface area contributed by atoms with Crippen molar-refractivity contribution < 1.29 is 9.32 Å². The van der Waals surface area contributed by atoms with Crippen LogP contribution in [0.3, 0.4) is 0 Å². The van der Waals surface area contributed by atoms with Crippen molar-refractivity contribution in [2.24, 2.45) is 5.92 Å². The van der Waals surface area contributed by atoms with E-state index in [1.807, 2.05) is 51.1 Å². The standard InChI is InChI=1S/C22H23N7O2S/c1-13(2)18(21-25-19(28-31-21)16-5-4-10-23-11-16)24-17(30)12-29-20(26-27-22(29)32)15-8-6-14(3)7-9-15/h4-11,13,18H,12H2,1-3H3,(H,24,30)(H,27,32). The predicted molar refractivity (Wildman–Crippen MR) is 121 cm³/mol. The second-order valence-corrected chi connectivity index (χ2v) is 8.18. The van der Waals surface area contributed by atoms with Gasteiger partial charge >= 0.3 is 0 Å². The molecule has 0 radical (unpaired) electrons. The Bertz CT molecular complexity index is 1260. The Morgan fingerprint density at radius 2 is 2.00 bits per heavy atom. The minimum absolute atomic E-state index is 0.00532. The van der Waals surface area contributed by atoms with E-state index in [1.54, 1.807) is 23.0 Å². The van der Waals surface area contributed by atoms with Crippen LogP contribution in [0, 0.1) is 17.6 Å². The summed E-state index contributed by atoms with van der Waals surface area (Å²) in [7, 11) is 0. The molecule has 3 heterocycles. The molecule has 32 heavy (non-hydrogen) atoms. The largest absolute Gasteiger partial charge is 0.342 e. The van der Waals surface area contributed by atoms with Gasteiger partial charge in [-0.25, -0.2) is 0 Å². The maximum absolute atomic E-state index is 12.9. The topological polar surface area (TPSA) is 115 Å². The molecule has 1 atom stereocenters. The number of aromatic amines is 1. The van der Waals surface area contributed by atoms with Crippen LogP contribution >= 0.6 is 12.2 Å². The third kappa shape index (κ3) is 4.65. The summed E-state index contributed by atoms with van der Waals surface area (Å²) in [6, 6.07) is 11.1. The van der Waals surface area contributed by atoms with Crippen LogP contribution in [0.2, 0.25) is 0 Å². The van der Waals surface area contributed by atoms with Crippen molar-refractivity contribution in [2.45, 2.75) is 33.4 Å². The molecule has 0 aliphatic rings. The number of rotatable bonds is 7. The van der Waals surface area contributed by atoms with E-state index in [4.69, 9.17) is 16.7 Å². The molecule has 4 rings (SSSR count). The van der Waals surface area contributed by atoms with E-state index in [1.165, 1.54) is 0 Å². The number of amides is 1. The number of nitrogens with one attached hydrogen (secondary N) is 2. The molecule has 4 aromatic rings. The van der Waals surface area contributed by atoms with E-state index in [-0.39, 0.29) is 18.4 Å². The summed E-state index contributed by atoms with van der Waals surface area (Å²) in [6.45, 7) is 5.96. The summed E-state index contributed by atoms with van der Waals surface area (Å²) in [4.78, 5) is 21.5. The summed E-state index contributed by atoms with van der Waals surface area (Å²) in [5.41, 5.74) is 2.75. The van der Waals surface area contributed by atoms with Crippen LogP contribution in [0.4, 0.5) is 0 Å². The van der Waals surface area contributed by atoms with Gasteiger partial charge in [-0.15, -0.1) is 0 Å². The van der Waals surface area contributed by atoms with Crippen molar-refractivity contribution in [1.82, 2.24) is 35.2 Å². The van der Waals surface area contributed by atoms with Crippen molar-refractivity contribution in [3.05, 3.63) is 65.0 Å². The lowest BCUT2D eigenvalue weighted by atomic mass is 10.0. The average Bonchev–Trinajstić information content (AvgIpc) is 3.41. The van der Waals surface area contributed by atoms with Gasteiger partial charge in [0.15, 0.2) is 10.6 Å². The summed E-state index contributed by atoms with van der Waals surface area (Å²) >= 11 is 5.35. The summed E-state index contributed by atoms with van der Waals surface area (Å²) in [5, 5.41) is 14.1. The van der Waals surface area contributed by atoms with Gasteiger partial charge in [0.1, 0.15) is 12.6 Å². The molecule has 0 aliphatic heterocycles. The van der Waals surface area contributed by atoms with Crippen LogP contribution < -0.4 is 5.32 Å². The van der Waals surface area contributed by atoms with Crippen molar-refractivity contribution in [3.63, 3.8) is 0 Å². The average molecular weight is 450 g/mol. The molecule has 2 N–H and O–H groups in total. The molecule has 164 valence electrons. The molecule has 3 aromatic heterocycles. The number of carbonyl (C=O) groups is 1. The highest BCUT2D eigenvalue weighted by Gasteiger charge is 2.25. The molecule has 9 nitrogen and oxygen atoms in total. The van der Waals surface area contributed by atoms with Gasteiger partial charge in [0.2, 0.25) is 17.6 Å². The van der Waals surface area contributed by atoms with Gasteiger partial charge in [0.25, 0.3) is 0 Å². The number of aromatic nitrogens is 6. The SMILES string of the molecule is Cc1ccc(-c2n[nH]c(=S)n2CC(=O)NC(c2nc(-c3cccnc3)no2)C(C)C)cc1.